The van der Waals surface area contributed by atoms with Gasteiger partial charge in [0, 0.05) is 12.6 Å². The standard InChI is InChI=1S/C12H18N6O3/c1-3-13-10-9(18(20)21)11(15-6-14-10)16-7(2)12(19)17-8-4-5-8/h6-8H,3-5H2,1-2H3,(H,17,19)(H2,13,14,15,16). The summed E-state index contributed by atoms with van der Waals surface area (Å²) in [7, 11) is 0. The molecular formula is C12H18N6O3. The zero-order chi connectivity index (χ0) is 15.4. The molecule has 1 saturated carbocycles. The lowest BCUT2D eigenvalue weighted by Gasteiger charge is -2.15. The molecule has 1 aromatic rings. The normalized spacial score (nSPS) is 15.1. The van der Waals surface area contributed by atoms with Crippen LogP contribution in [0.1, 0.15) is 26.7 Å². The van der Waals surface area contributed by atoms with Crippen molar-refractivity contribution in [3.63, 3.8) is 0 Å². The van der Waals surface area contributed by atoms with Crippen molar-refractivity contribution in [1.29, 1.82) is 0 Å². The van der Waals surface area contributed by atoms with E-state index in [1.54, 1.807) is 6.92 Å². The quantitative estimate of drug-likeness (QED) is 0.504. The number of hydrogen-bond acceptors (Lipinski definition) is 7. The predicted molar refractivity (Wildman–Crippen MR) is 77.1 cm³/mol. The average molecular weight is 294 g/mol. The predicted octanol–water partition coefficient (Wildman–Crippen LogP) is 0.896. The van der Waals surface area contributed by atoms with Crippen molar-refractivity contribution in [3.8, 4) is 0 Å². The summed E-state index contributed by atoms with van der Waals surface area (Å²) in [6.45, 7) is 3.94. The van der Waals surface area contributed by atoms with Crippen molar-refractivity contribution in [3.05, 3.63) is 16.4 Å². The number of carbonyl (C=O) groups excluding carboxylic acids is 1. The fourth-order valence-electron chi connectivity index (χ4n) is 1.78. The van der Waals surface area contributed by atoms with Gasteiger partial charge >= 0.3 is 5.69 Å². The van der Waals surface area contributed by atoms with E-state index in [0.717, 1.165) is 12.8 Å². The zero-order valence-electron chi connectivity index (χ0n) is 11.9. The second-order valence-corrected chi connectivity index (χ2v) is 4.86. The zero-order valence-corrected chi connectivity index (χ0v) is 11.9. The number of rotatable bonds is 7. The molecule has 1 fully saturated rings. The molecule has 1 atom stereocenters. The van der Waals surface area contributed by atoms with Crippen LogP contribution in [0.4, 0.5) is 17.3 Å². The van der Waals surface area contributed by atoms with Crippen LogP contribution in [-0.2, 0) is 4.79 Å². The van der Waals surface area contributed by atoms with Crippen molar-refractivity contribution in [1.82, 2.24) is 15.3 Å². The van der Waals surface area contributed by atoms with Gasteiger partial charge in [0.1, 0.15) is 12.4 Å². The first-order valence-corrected chi connectivity index (χ1v) is 6.83. The van der Waals surface area contributed by atoms with Crippen LogP contribution in [-0.4, -0.2) is 39.4 Å². The van der Waals surface area contributed by atoms with Gasteiger partial charge in [-0.2, -0.15) is 0 Å². The monoisotopic (exact) mass is 294 g/mol. The number of nitro groups is 1. The molecule has 2 rings (SSSR count). The summed E-state index contributed by atoms with van der Waals surface area (Å²) in [5, 5.41) is 19.6. The minimum Gasteiger partial charge on any atom is -0.364 e. The summed E-state index contributed by atoms with van der Waals surface area (Å²) in [5.41, 5.74) is -0.259. The Kier molecular flexibility index (Phi) is 4.51. The van der Waals surface area contributed by atoms with Gasteiger partial charge in [0.2, 0.25) is 17.5 Å². The van der Waals surface area contributed by atoms with Gasteiger partial charge in [-0.05, 0) is 26.7 Å². The highest BCUT2D eigenvalue weighted by molar-refractivity contribution is 5.85. The maximum atomic E-state index is 11.9. The van der Waals surface area contributed by atoms with Gasteiger partial charge in [-0.15, -0.1) is 0 Å². The fourth-order valence-corrected chi connectivity index (χ4v) is 1.78. The van der Waals surface area contributed by atoms with Crippen LogP contribution in [0, 0.1) is 10.1 Å². The molecule has 0 spiro atoms. The Hall–Kier alpha value is -2.45. The number of amides is 1. The van der Waals surface area contributed by atoms with Crippen molar-refractivity contribution in [2.24, 2.45) is 0 Å². The van der Waals surface area contributed by atoms with Gasteiger partial charge in [0.15, 0.2) is 0 Å². The summed E-state index contributed by atoms with van der Waals surface area (Å²) in [4.78, 5) is 30.3. The molecule has 1 aromatic heterocycles. The summed E-state index contributed by atoms with van der Waals surface area (Å²) < 4.78 is 0. The molecule has 9 nitrogen and oxygen atoms in total. The second kappa shape index (κ2) is 6.33. The molecule has 3 N–H and O–H groups in total. The van der Waals surface area contributed by atoms with E-state index in [1.807, 2.05) is 6.92 Å². The molecule has 1 amide bonds. The van der Waals surface area contributed by atoms with E-state index >= 15 is 0 Å². The second-order valence-electron chi connectivity index (χ2n) is 4.86. The Bertz CT molecular complexity index is 546. The lowest BCUT2D eigenvalue weighted by molar-refractivity contribution is -0.383. The minimum atomic E-state index is -0.617. The van der Waals surface area contributed by atoms with Gasteiger partial charge in [-0.25, -0.2) is 9.97 Å². The van der Waals surface area contributed by atoms with Gasteiger partial charge in [0.05, 0.1) is 4.92 Å². The van der Waals surface area contributed by atoms with Gasteiger partial charge in [0.25, 0.3) is 0 Å². The fraction of sp³-hybridized carbons (Fsp3) is 0.583. The number of nitrogens with one attached hydrogen (secondary N) is 3. The first-order chi connectivity index (χ1) is 10.0. The van der Waals surface area contributed by atoms with Crippen LogP contribution in [0.15, 0.2) is 6.33 Å². The van der Waals surface area contributed by atoms with Crippen LogP contribution in [0.2, 0.25) is 0 Å². The molecule has 0 saturated heterocycles. The van der Waals surface area contributed by atoms with E-state index in [-0.39, 0.29) is 29.3 Å². The molecule has 0 aliphatic heterocycles. The summed E-state index contributed by atoms with van der Waals surface area (Å²) in [6, 6.07) is -0.381. The maximum Gasteiger partial charge on any atom is 0.353 e. The van der Waals surface area contributed by atoms with E-state index in [1.165, 1.54) is 6.33 Å². The Morgan fingerprint density at radius 2 is 2.14 bits per heavy atom. The molecule has 0 aromatic carbocycles. The van der Waals surface area contributed by atoms with Crippen LogP contribution in [0.5, 0.6) is 0 Å². The molecule has 114 valence electrons. The van der Waals surface area contributed by atoms with Crippen LogP contribution < -0.4 is 16.0 Å². The Morgan fingerprint density at radius 3 is 2.71 bits per heavy atom. The lowest BCUT2D eigenvalue weighted by Crippen LogP contribution is -2.39. The van der Waals surface area contributed by atoms with Crippen LogP contribution in [0.3, 0.4) is 0 Å². The highest BCUT2D eigenvalue weighted by atomic mass is 16.6. The smallest absolute Gasteiger partial charge is 0.353 e. The first-order valence-electron chi connectivity index (χ1n) is 6.83. The largest absolute Gasteiger partial charge is 0.364 e. The third-order valence-corrected chi connectivity index (χ3v) is 3.02. The van der Waals surface area contributed by atoms with Crippen molar-refractivity contribution in [2.75, 3.05) is 17.2 Å². The molecule has 1 aliphatic rings. The minimum absolute atomic E-state index is 0.0318. The van der Waals surface area contributed by atoms with Crippen LogP contribution in [0.25, 0.3) is 0 Å². The topological polar surface area (TPSA) is 122 Å². The van der Waals surface area contributed by atoms with E-state index < -0.39 is 11.0 Å². The Labute approximate surface area is 121 Å². The number of anilines is 2. The van der Waals surface area contributed by atoms with Crippen molar-refractivity contribution in [2.45, 2.75) is 38.8 Å². The maximum absolute atomic E-state index is 11.9. The van der Waals surface area contributed by atoms with Gasteiger partial charge < -0.3 is 16.0 Å². The van der Waals surface area contributed by atoms with E-state index in [2.05, 4.69) is 25.9 Å². The van der Waals surface area contributed by atoms with Crippen molar-refractivity contribution >= 4 is 23.2 Å². The SMILES string of the molecule is CCNc1ncnc(NC(C)C(=O)NC2CC2)c1[N+](=O)[O-]. The highest BCUT2D eigenvalue weighted by Gasteiger charge is 2.28. The van der Waals surface area contributed by atoms with E-state index in [0.29, 0.717) is 6.54 Å². The van der Waals surface area contributed by atoms with Gasteiger partial charge in [-0.3, -0.25) is 14.9 Å². The summed E-state index contributed by atoms with van der Waals surface area (Å²) in [6.07, 6.45) is 3.19. The molecule has 1 heterocycles. The molecule has 9 heteroatoms. The average Bonchev–Trinajstić information content (AvgIpc) is 3.22. The molecular weight excluding hydrogens is 276 g/mol. The Balaban J connectivity index is 2.15. The molecule has 1 aliphatic carbocycles. The van der Waals surface area contributed by atoms with Gasteiger partial charge in [-0.1, -0.05) is 0 Å². The van der Waals surface area contributed by atoms with Crippen LogP contribution >= 0.6 is 0 Å². The summed E-state index contributed by atoms with van der Waals surface area (Å²) >= 11 is 0. The highest BCUT2D eigenvalue weighted by Crippen LogP contribution is 2.29. The first kappa shape index (κ1) is 14.9. The number of aromatic nitrogens is 2. The molecule has 1 unspecified atom stereocenters. The number of nitrogens with zero attached hydrogens (tertiary/aromatic N) is 3. The number of carbonyl (C=O) groups is 1. The van der Waals surface area contributed by atoms with E-state index in [4.69, 9.17) is 0 Å². The third-order valence-electron chi connectivity index (χ3n) is 3.02. The third kappa shape index (κ3) is 3.77. The summed E-state index contributed by atoms with van der Waals surface area (Å²) in [5.74, 6) is -0.0328. The molecule has 0 bridgehead atoms. The lowest BCUT2D eigenvalue weighted by atomic mass is 10.3. The Morgan fingerprint density at radius 1 is 1.48 bits per heavy atom. The molecule has 21 heavy (non-hydrogen) atoms. The molecule has 0 radical (unpaired) electrons. The van der Waals surface area contributed by atoms with E-state index in [9.17, 15) is 14.9 Å². The van der Waals surface area contributed by atoms with Crippen molar-refractivity contribution < 1.29 is 9.72 Å². The number of hydrogen-bond donors (Lipinski definition) is 3.